The van der Waals surface area contributed by atoms with Gasteiger partial charge < -0.3 is 9.47 Å². The second-order valence-corrected chi connectivity index (χ2v) is 3.76. The van der Waals surface area contributed by atoms with Gasteiger partial charge in [0.2, 0.25) is 0 Å². The van der Waals surface area contributed by atoms with Crippen LogP contribution < -0.4 is 0 Å². The van der Waals surface area contributed by atoms with E-state index in [1.165, 1.54) is 14.2 Å². The average Bonchev–Trinajstić information content (AvgIpc) is 2.13. The van der Waals surface area contributed by atoms with E-state index in [0.29, 0.717) is 24.7 Å². The highest BCUT2D eigenvalue weighted by molar-refractivity contribution is 5.70. The third-order valence-corrected chi connectivity index (χ3v) is 2.70. The third kappa shape index (κ3) is 3.01. The van der Waals surface area contributed by atoms with Crippen LogP contribution in [0.3, 0.4) is 0 Å². The van der Waals surface area contributed by atoms with E-state index in [1.807, 2.05) is 0 Å². The van der Waals surface area contributed by atoms with Crippen LogP contribution >= 0.6 is 0 Å². The number of carbonyl (C=O) groups excluding carboxylic acids is 2. The molecule has 4 nitrogen and oxygen atoms in total. The molecule has 1 fully saturated rings. The van der Waals surface area contributed by atoms with Crippen LogP contribution in [0.15, 0.2) is 0 Å². The highest BCUT2D eigenvalue weighted by atomic mass is 16.5. The van der Waals surface area contributed by atoms with Crippen molar-refractivity contribution in [2.24, 2.45) is 11.8 Å². The number of ether oxygens (including phenoxy) is 2. The molecule has 80 valence electrons. The van der Waals surface area contributed by atoms with Crippen molar-refractivity contribution in [3.05, 3.63) is 0 Å². The zero-order valence-corrected chi connectivity index (χ0v) is 8.62. The number of hydrogen-bond donors (Lipinski definition) is 0. The standard InChI is InChI=1S/C10H16O4/c1-13-9(11)5-7-3-8(4-7)6-10(12)14-2/h7-8H,3-6H2,1-2H3. The van der Waals surface area contributed by atoms with Gasteiger partial charge >= 0.3 is 11.9 Å². The van der Waals surface area contributed by atoms with Gasteiger partial charge in [-0.3, -0.25) is 9.59 Å². The summed E-state index contributed by atoms with van der Waals surface area (Å²) in [7, 11) is 2.79. The van der Waals surface area contributed by atoms with Crippen LogP contribution in [0.1, 0.15) is 25.7 Å². The number of methoxy groups -OCH3 is 2. The van der Waals surface area contributed by atoms with Crippen LogP contribution in [0.2, 0.25) is 0 Å². The van der Waals surface area contributed by atoms with Gasteiger partial charge in [0.05, 0.1) is 14.2 Å². The van der Waals surface area contributed by atoms with Crippen LogP contribution in [-0.4, -0.2) is 26.2 Å². The third-order valence-electron chi connectivity index (χ3n) is 2.70. The van der Waals surface area contributed by atoms with Crippen molar-refractivity contribution in [2.45, 2.75) is 25.7 Å². The first kappa shape index (κ1) is 11.0. The zero-order chi connectivity index (χ0) is 10.6. The van der Waals surface area contributed by atoms with E-state index in [9.17, 15) is 9.59 Å². The Hall–Kier alpha value is -1.06. The molecule has 14 heavy (non-hydrogen) atoms. The summed E-state index contributed by atoms with van der Waals surface area (Å²) in [6.07, 6.45) is 2.83. The molecule has 0 N–H and O–H groups in total. The fourth-order valence-electron chi connectivity index (χ4n) is 1.85. The van der Waals surface area contributed by atoms with Gasteiger partial charge in [-0.2, -0.15) is 0 Å². The molecule has 0 aromatic carbocycles. The molecule has 0 aromatic heterocycles. The Balaban J connectivity index is 2.11. The summed E-state index contributed by atoms with van der Waals surface area (Å²) in [6, 6.07) is 0. The van der Waals surface area contributed by atoms with Gasteiger partial charge in [0, 0.05) is 12.8 Å². The predicted octanol–water partition coefficient (Wildman–Crippen LogP) is 1.14. The quantitative estimate of drug-likeness (QED) is 0.638. The molecule has 4 heteroatoms. The largest absolute Gasteiger partial charge is 0.469 e. The van der Waals surface area contributed by atoms with Gasteiger partial charge in [0.15, 0.2) is 0 Å². The summed E-state index contributed by atoms with van der Waals surface area (Å²) in [6.45, 7) is 0. The van der Waals surface area contributed by atoms with Crippen molar-refractivity contribution in [3.8, 4) is 0 Å². The van der Waals surface area contributed by atoms with Gasteiger partial charge in [-0.05, 0) is 24.7 Å². The molecular weight excluding hydrogens is 184 g/mol. The van der Waals surface area contributed by atoms with E-state index in [-0.39, 0.29) is 11.9 Å². The predicted molar refractivity (Wildman–Crippen MR) is 49.5 cm³/mol. The Morgan fingerprint density at radius 3 is 1.64 bits per heavy atom. The van der Waals surface area contributed by atoms with Crippen molar-refractivity contribution >= 4 is 11.9 Å². The molecule has 0 saturated heterocycles. The minimum atomic E-state index is -0.161. The first-order valence-corrected chi connectivity index (χ1v) is 4.79. The lowest BCUT2D eigenvalue weighted by Crippen LogP contribution is -2.28. The van der Waals surface area contributed by atoms with E-state index >= 15 is 0 Å². The Bertz CT molecular complexity index is 196. The first-order valence-electron chi connectivity index (χ1n) is 4.79. The van der Waals surface area contributed by atoms with Crippen molar-refractivity contribution in [1.82, 2.24) is 0 Å². The van der Waals surface area contributed by atoms with E-state index in [4.69, 9.17) is 0 Å². The van der Waals surface area contributed by atoms with Gasteiger partial charge in [0.1, 0.15) is 0 Å². The molecule has 0 unspecified atom stereocenters. The highest BCUT2D eigenvalue weighted by Gasteiger charge is 2.32. The van der Waals surface area contributed by atoms with Crippen LogP contribution in [-0.2, 0) is 19.1 Å². The first-order chi connectivity index (χ1) is 6.65. The van der Waals surface area contributed by atoms with Gasteiger partial charge in [-0.1, -0.05) is 0 Å². The molecule has 1 aliphatic carbocycles. The molecule has 0 heterocycles. The number of carbonyl (C=O) groups is 2. The van der Waals surface area contributed by atoms with Crippen LogP contribution in [0.5, 0.6) is 0 Å². The van der Waals surface area contributed by atoms with E-state index in [0.717, 1.165) is 12.8 Å². The highest BCUT2D eigenvalue weighted by Crippen LogP contribution is 2.38. The molecular formula is C10H16O4. The lowest BCUT2D eigenvalue weighted by Gasteiger charge is -2.33. The van der Waals surface area contributed by atoms with Crippen LogP contribution in [0.4, 0.5) is 0 Å². The fraction of sp³-hybridized carbons (Fsp3) is 0.800. The molecule has 0 spiro atoms. The summed E-state index contributed by atoms with van der Waals surface area (Å²) in [5, 5.41) is 0. The maximum atomic E-state index is 10.9. The summed E-state index contributed by atoms with van der Waals surface area (Å²) in [4.78, 5) is 21.8. The SMILES string of the molecule is COC(=O)CC1CC(CC(=O)OC)C1. The van der Waals surface area contributed by atoms with Crippen LogP contribution in [0.25, 0.3) is 0 Å². The normalized spacial score (nSPS) is 25.0. The Labute approximate surface area is 83.6 Å². The molecule has 0 aromatic rings. The number of esters is 2. The molecule has 0 atom stereocenters. The molecule has 0 aliphatic heterocycles. The van der Waals surface area contributed by atoms with Crippen LogP contribution in [0, 0.1) is 11.8 Å². The summed E-state index contributed by atoms with van der Waals surface area (Å²) >= 11 is 0. The number of hydrogen-bond acceptors (Lipinski definition) is 4. The lowest BCUT2D eigenvalue weighted by atomic mass is 9.72. The summed E-state index contributed by atoms with van der Waals surface area (Å²) in [5.41, 5.74) is 0. The Morgan fingerprint density at radius 2 is 1.36 bits per heavy atom. The molecule has 0 amide bonds. The number of rotatable bonds is 4. The van der Waals surface area contributed by atoms with Gasteiger partial charge in [0.25, 0.3) is 0 Å². The van der Waals surface area contributed by atoms with Crippen molar-refractivity contribution in [1.29, 1.82) is 0 Å². The second-order valence-electron chi connectivity index (χ2n) is 3.76. The monoisotopic (exact) mass is 200 g/mol. The van der Waals surface area contributed by atoms with E-state index < -0.39 is 0 Å². The average molecular weight is 200 g/mol. The molecule has 0 radical (unpaired) electrons. The maximum Gasteiger partial charge on any atom is 0.305 e. The minimum absolute atomic E-state index is 0.161. The maximum absolute atomic E-state index is 10.9. The van der Waals surface area contributed by atoms with Crippen molar-refractivity contribution in [2.75, 3.05) is 14.2 Å². The lowest BCUT2D eigenvalue weighted by molar-refractivity contribution is -0.144. The molecule has 1 rings (SSSR count). The topological polar surface area (TPSA) is 52.6 Å². The van der Waals surface area contributed by atoms with Crippen molar-refractivity contribution in [3.63, 3.8) is 0 Å². The Morgan fingerprint density at radius 1 is 1.00 bits per heavy atom. The van der Waals surface area contributed by atoms with E-state index in [1.54, 1.807) is 0 Å². The fourth-order valence-corrected chi connectivity index (χ4v) is 1.85. The Kier molecular flexibility index (Phi) is 3.92. The molecule has 1 saturated carbocycles. The minimum Gasteiger partial charge on any atom is -0.469 e. The molecule has 1 aliphatic rings. The van der Waals surface area contributed by atoms with E-state index in [2.05, 4.69) is 9.47 Å². The summed E-state index contributed by atoms with van der Waals surface area (Å²) < 4.78 is 9.13. The second kappa shape index (κ2) is 4.98. The smallest absolute Gasteiger partial charge is 0.305 e. The van der Waals surface area contributed by atoms with Crippen molar-refractivity contribution < 1.29 is 19.1 Å². The molecule has 0 bridgehead atoms. The summed E-state index contributed by atoms with van der Waals surface area (Å²) in [5.74, 6) is 0.479. The van der Waals surface area contributed by atoms with Gasteiger partial charge in [-0.25, -0.2) is 0 Å². The van der Waals surface area contributed by atoms with Gasteiger partial charge in [-0.15, -0.1) is 0 Å². The zero-order valence-electron chi connectivity index (χ0n) is 8.62.